The van der Waals surface area contributed by atoms with E-state index in [1.54, 1.807) is 12.1 Å². The SMILES string of the molecule is Cc1cc2cc(c1COc1ccc(NC(=O)c3ccc4c(c3)NC(=O)[C@@H](C)S4)cc1)C2. The molecule has 0 fully saturated rings. The van der Waals surface area contributed by atoms with Crippen molar-refractivity contribution in [2.75, 3.05) is 10.6 Å². The average Bonchev–Trinajstić information content (AvgIpc) is 2.73. The van der Waals surface area contributed by atoms with Crippen LogP contribution >= 0.6 is 11.8 Å². The van der Waals surface area contributed by atoms with E-state index in [1.165, 1.54) is 34.0 Å². The van der Waals surface area contributed by atoms with E-state index in [-0.39, 0.29) is 17.1 Å². The molecule has 0 saturated heterocycles. The summed E-state index contributed by atoms with van der Waals surface area (Å²) >= 11 is 1.50. The van der Waals surface area contributed by atoms with Crippen LogP contribution in [0.15, 0.2) is 59.5 Å². The molecule has 31 heavy (non-hydrogen) atoms. The lowest BCUT2D eigenvalue weighted by atomic mass is 9.85. The minimum absolute atomic E-state index is 0.0464. The molecule has 0 radical (unpaired) electrons. The second-order valence-electron chi connectivity index (χ2n) is 7.95. The maximum atomic E-state index is 12.7. The number of rotatable bonds is 5. The van der Waals surface area contributed by atoms with E-state index < -0.39 is 0 Å². The van der Waals surface area contributed by atoms with Crippen molar-refractivity contribution in [3.8, 4) is 5.75 Å². The van der Waals surface area contributed by atoms with E-state index in [0.29, 0.717) is 23.5 Å². The van der Waals surface area contributed by atoms with Gasteiger partial charge in [0.15, 0.2) is 0 Å². The van der Waals surface area contributed by atoms with Gasteiger partial charge in [0.1, 0.15) is 12.4 Å². The Bertz CT molecular complexity index is 1200. The summed E-state index contributed by atoms with van der Waals surface area (Å²) in [6, 6.07) is 17.2. The van der Waals surface area contributed by atoms with Gasteiger partial charge in [0.05, 0.1) is 10.9 Å². The minimum atomic E-state index is -0.225. The molecular weight excluding hydrogens is 408 g/mol. The highest BCUT2D eigenvalue weighted by atomic mass is 32.2. The van der Waals surface area contributed by atoms with Crippen LogP contribution in [-0.2, 0) is 17.8 Å². The van der Waals surface area contributed by atoms with E-state index in [1.807, 2.05) is 37.3 Å². The van der Waals surface area contributed by atoms with Crippen LogP contribution in [0.2, 0.25) is 0 Å². The number of aryl methyl sites for hydroxylation is 1. The van der Waals surface area contributed by atoms with Gasteiger partial charge in [0.25, 0.3) is 5.91 Å². The topological polar surface area (TPSA) is 67.4 Å². The fourth-order valence-corrected chi connectivity index (χ4v) is 4.80. The molecule has 0 unspecified atom stereocenters. The summed E-state index contributed by atoms with van der Waals surface area (Å²) in [5.74, 6) is 0.488. The van der Waals surface area contributed by atoms with Crippen molar-refractivity contribution in [1.82, 2.24) is 0 Å². The second kappa shape index (κ2) is 7.78. The van der Waals surface area contributed by atoms with Crippen molar-refractivity contribution in [2.24, 2.45) is 0 Å². The zero-order chi connectivity index (χ0) is 21.5. The van der Waals surface area contributed by atoms with E-state index in [9.17, 15) is 9.59 Å². The number of anilines is 2. The molecule has 3 aromatic rings. The second-order valence-corrected chi connectivity index (χ2v) is 9.34. The van der Waals surface area contributed by atoms with Gasteiger partial charge in [-0.2, -0.15) is 0 Å². The minimum Gasteiger partial charge on any atom is -0.489 e. The Kier molecular flexibility index (Phi) is 4.94. The van der Waals surface area contributed by atoms with E-state index in [4.69, 9.17) is 4.74 Å². The van der Waals surface area contributed by atoms with Crippen molar-refractivity contribution in [3.63, 3.8) is 0 Å². The van der Waals surface area contributed by atoms with Crippen LogP contribution in [0.25, 0.3) is 0 Å². The molecule has 1 aliphatic heterocycles. The Labute approximate surface area is 185 Å². The molecule has 3 aliphatic rings. The zero-order valence-corrected chi connectivity index (χ0v) is 18.1. The van der Waals surface area contributed by atoms with Crippen LogP contribution in [0, 0.1) is 6.92 Å². The fourth-order valence-electron chi connectivity index (χ4n) is 3.87. The molecule has 0 aromatic heterocycles. The first-order valence-electron chi connectivity index (χ1n) is 10.2. The highest BCUT2D eigenvalue weighted by molar-refractivity contribution is 8.00. The molecule has 6 heteroatoms. The number of hydrogen-bond acceptors (Lipinski definition) is 4. The number of hydrogen-bond donors (Lipinski definition) is 2. The first kappa shape index (κ1) is 19.7. The van der Waals surface area contributed by atoms with Gasteiger partial charge in [0.2, 0.25) is 5.91 Å². The van der Waals surface area contributed by atoms with Gasteiger partial charge in [-0.1, -0.05) is 12.1 Å². The first-order valence-corrected chi connectivity index (χ1v) is 11.1. The molecule has 0 spiro atoms. The Hall–Kier alpha value is -3.25. The van der Waals surface area contributed by atoms with E-state index in [0.717, 1.165) is 17.1 Å². The summed E-state index contributed by atoms with van der Waals surface area (Å²) in [6.45, 7) is 4.53. The molecule has 2 aliphatic carbocycles. The highest BCUT2D eigenvalue weighted by Crippen LogP contribution is 2.36. The number of amides is 2. The van der Waals surface area contributed by atoms with Crippen LogP contribution in [0.4, 0.5) is 11.4 Å². The quantitative estimate of drug-likeness (QED) is 0.459. The summed E-state index contributed by atoms with van der Waals surface area (Å²) in [5.41, 5.74) is 7.16. The third-order valence-corrected chi connectivity index (χ3v) is 6.87. The summed E-state index contributed by atoms with van der Waals surface area (Å²) in [4.78, 5) is 25.5. The molecule has 2 bridgehead atoms. The van der Waals surface area contributed by atoms with Crippen LogP contribution in [0.1, 0.15) is 39.5 Å². The van der Waals surface area contributed by atoms with Crippen molar-refractivity contribution < 1.29 is 14.3 Å². The molecule has 2 amide bonds. The lowest BCUT2D eigenvalue weighted by molar-refractivity contribution is -0.115. The number of benzene rings is 3. The maximum Gasteiger partial charge on any atom is 0.255 e. The molecular formula is C25H22N2O3S. The summed E-state index contributed by atoms with van der Waals surface area (Å²) in [6.07, 6.45) is 1.05. The Balaban J connectivity index is 1.22. The number of carbonyl (C=O) groups is 2. The molecule has 0 saturated carbocycles. The molecule has 1 atom stereocenters. The van der Waals surface area contributed by atoms with Gasteiger partial charge in [-0.15, -0.1) is 11.8 Å². The highest BCUT2D eigenvalue weighted by Gasteiger charge is 2.24. The van der Waals surface area contributed by atoms with Crippen molar-refractivity contribution in [1.29, 1.82) is 0 Å². The van der Waals surface area contributed by atoms with Crippen molar-refractivity contribution in [3.05, 3.63) is 82.4 Å². The smallest absolute Gasteiger partial charge is 0.255 e. The van der Waals surface area contributed by atoms with Crippen molar-refractivity contribution in [2.45, 2.75) is 37.0 Å². The molecule has 5 nitrogen and oxygen atoms in total. The summed E-state index contributed by atoms with van der Waals surface area (Å²) in [5, 5.41) is 5.62. The third-order valence-electron chi connectivity index (χ3n) is 5.69. The zero-order valence-electron chi connectivity index (χ0n) is 17.3. The fraction of sp³-hybridized carbons (Fsp3) is 0.200. The van der Waals surface area contributed by atoms with Gasteiger partial charge in [-0.3, -0.25) is 9.59 Å². The van der Waals surface area contributed by atoms with Crippen LogP contribution < -0.4 is 15.4 Å². The normalized spacial score (nSPS) is 16.1. The predicted octanol–water partition coefficient (Wildman–Crippen LogP) is 5.16. The Morgan fingerprint density at radius 1 is 1.16 bits per heavy atom. The number of fused-ring (bicyclic) bond motifs is 3. The van der Waals surface area contributed by atoms with Gasteiger partial charge in [-0.05, 0) is 85.0 Å². The molecule has 6 rings (SSSR count). The molecule has 2 N–H and O–H groups in total. The number of thioether (sulfide) groups is 1. The first-order chi connectivity index (χ1) is 15.0. The predicted molar refractivity (Wildman–Crippen MR) is 123 cm³/mol. The lowest BCUT2D eigenvalue weighted by Crippen LogP contribution is -2.26. The van der Waals surface area contributed by atoms with Crippen molar-refractivity contribution >= 4 is 35.0 Å². The molecule has 3 aromatic carbocycles. The Morgan fingerprint density at radius 2 is 1.94 bits per heavy atom. The van der Waals surface area contributed by atoms with Crippen LogP contribution in [0.5, 0.6) is 5.75 Å². The molecule has 1 heterocycles. The molecule has 156 valence electrons. The van der Waals surface area contributed by atoms with Gasteiger partial charge in [-0.25, -0.2) is 0 Å². The van der Waals surface area contributed by atoms with Gasteiger partial charge in [0, 0.05) is 16.1 Å². The largest absolute Gasteiger partial charge is 0.489 e. The van der Waals surface area contributed by atoms with Crippen LogP contribution in [0.3, 0.4) is 0 Å². The number of nitrogens with one attached hydrogen (secondary N) is 2. The summed E-state index contributed by atoms with van der Waals surface area (Å²) < 4.78 is 5.95. The standard InChI is InChI=1S/C25H22N2O3S/c1-14-9-16-10-18(11-16)21(14)13-30-20-6-4-19(5-7-20)26-25(29)17-3-8-23-22(12-17)27-24(28)15(2)31-23/h3-10,12,15H,11,13H2,1-2H3,(H,26,29)(H,27,28)/t15-/m1/s1. The van der Waals surface area contributed by atoms with E-state index >= 15 is 0 Å². The Morgan fingerprint density at radius 3 is 2.68 bits per heavy atom. The number of ether oxygens (including phenoxy) is 1. The summed E-state index contributed by atoms with van der Waals surface area (Å²) in [7, 11) is 0. The van der Waals surface area contributed by atoms with E-state index in [2.05, 4.69) is 29.7 Å². The lowest BCUT2D eigenvalue weighted by Gasteiger charge is -2.22. The third kappa shape index (κ3) is 3.91. The average molecular weight is 431 g/mol. The monoisotopic (exact) mass is 430 g/mol. The maximum absolute atomic E-state index is 12.7. The van der Waals surface area contributed by atoms with Gasteiger partial charge >= 0.3 is 0 Å². The van der Waals surface area contributed by atoms with Gasteiger partial charge < -0.3 is 15.4 Å². The van der Waals surface area contributed by atoms with Crippen LogP contribution in [-0.4, -0.2) is 17.1 Å². The number of carbonyl (C=O) groups excluding carboxylic acids is 2.